The molecule has 1 aromatic carbocycles. The van der Waals surface area contributed by atoms with E-state index in [9.17, 15) is 9.90 Å². The molecule has 6 nitrogen and oxygen atoms in total. The van der Waals surface area contributed by atoms with Gasteiger partial charge in [-0.1, -0.05) is 6.07 Å². The minimum Gasteiger partial charge on any atom is -0.396 e. The van der Waals surface area contributed by atoms with Gasteiger partial charge in [0, 0.05) is 46.9 Å². The molecule has 0 radical (unpaired) electrons. The van der Waals surface area contributed by atoms with Crippen molar-refractivity contribution in [3.63, 3.8) is 0 Å². The molecule has 3 aromatic rings. The zero-order valence-electron chi connectivity index (χ0n) is 12.9. The van der Waals surface area contributed by atoms with Crippen LogP contribution in [-0.4, -0.2) is 33.3 Å². The van der Waals surface area contributed by atoms with Crippen molar-refractivity contribution in [2.45, 2.75) is 6.42 Å². The minimum absolute atomic E-state index is 0.0975. The van der Waals surface area contributed by atoms with Gasteiger partial charge in [0.2, 0.25) is 5.91 Å². The number of aromatic amines is 1. The van der Waals surface area contributed by atoms with Crippen molar-refractivity contribution in [3.8, 4) is 11.3 Å². The third kappa shape index (κ3) is 2.57. The molecule has 24 heavy (non-hydrogen) atoms. The molecule has 120 valence electrons. The highest BCUT2D eigenvalue weighted by Gasteiger charge is 2.25. The number of fused-ring (bicyclic) bond motifs is 1. The van der Waals surface area contributed by atoms with E-state index in [4.69, 9.17) is 0 Å². The Bertz CT molecular complexity index is 931. The van der Waals surface area contributed by atoms with Crippen molar-refractivity contribution < 1.29 is 9.90 Å². The number of hydrogen-bond acceptors (Lipinski definition) is 4. The Morgan fingerprint density at radius 1 is 1.12 bits per heavy atom. The molecule has 1 unspecified atom stereocenters. The van der Waals surface area contributed by atoms with Gasteiger partial charge < -0.3 is 10.1 Å². The summed E-state index contributed by atoms with van der Waals surface area (Å²) >= 11 is 0. The topological polar surface area (TPSA) is 90.4 Å². The fourth-order valence-corrected chi connectivity index (χ4v) is 3.01. The number of nitrogens with one attached hydrogen (secondary N) is 2. The molecular formula is C18H16N4O2. The highest BCUT2D eigenvalue weighted by atomic mass is 16.3. The van der Waals surface area contributed by atoms with E-state index < -0.39 is 0 Å². The van der Waals surface area contributed by atoms with Crippen LogP contribution < -0.4 is 5.43 Å². The van der Waals surface area contributed by atoms with Crippen LogP contribution in [-0.2, 0) is 4.79 Å². The average molecular weight is 320 g/mol. The first-order valence-electron chi connectivity index (χ1n) is 7.75. The van der Waals surface area contributed by atoms with Gasteiger partial charge in [0.15, 0.2) is 0 Å². The molecule has 2 aromatic heterocycles. The van der Waals surface area contributed by atoms with Crippen LogP contribution in [0.4, 0.5) is 0 Å². The highest BCUT2D eigenvalue weighted by Crippen LogP contribution is 2.26. The first-order valence-corrected chi connectivity index (χ1v) is 7.75. The second kappa shape index (κ2) is 5.90. The maximum absolute atomic E-state index is 11.4. The largest absolute Gasteiger partial charge is 0.396 e. The number of carbonyl (C=O) groups is 1. The van der Waals surface area contributed by atoms with E-state index in [0.717, 1.165) is 27.7 Å². The van der Waals surface area contributed by atoms with E-state index in [2.05, 4.69) is 26.6 Å². The van der Waals surface area contributed by atoms with E-state index in [1.54, 1.807) is 12.4 Å². The monoisotopic (exact) mass is 320 g/mol. The smallest absolute Gasteiger partial charge is 0.240 e. The van der Waals surface area contributed by atoms with Gasteiger partial charge in [-0.3, -0.25) is 9.78 Å². The second-order valence-corrected chi connectivity index (χ2v) is 5.84. The molecule has 0 saturated carbocycles. The first kappa shape index (κ1) is 14.6. The van der Waals surface area contributed by atoms with Crippen molar-refractivity contribution >= 4 is 22.5 Å². The molecule has 4 rings (SSSR count). The summed E-state index contributed by atoms with van der Waals surface area (Å²) in [5.41, 5.74) is 7.22. The van der Waals surface area contributed by atoms with Crippen molar-refractivity contribution in [2.75, 3.05) is 6.61 Å². The van der Waals surface area contributed by atoms with Gasteiger partial charge in [-0.2, -0.15) is 5.10 Å². The van der Waals surface area contributed by atoms with E-state index in [1.807, 2.05) is 30.3 Å². The normalized spacial score (nSPS) is 17.6. The number of benzene rings is 1. The summed E-state index contributed by atoms with van der Waals surface area (Å²) in [6, 6.07) is 11.9. The minimum atomic E-state index is -0.269. The molecule has 0 bridgehead atoms. The van der Waals surface area contributed by atoms with Gasteiger partial charge in [-0.05, 0) is 35.9 Å². The number of rotatable bonds is 3. The molecular weight excluding hydrogens is 304 g/mol. The number of H-pyrrole nitrogens is 1. The fraction of sp³-hybridized carbons (Fsp3) is 0.167. The predicted molar refractivity (Wildman–Crippen MR) is 91.4 cm³/mol. The van der Waals surface area contributed by atoms with Crippen molar-refractivity contribution in [1.82, 2.24) is 15.4 Å². The number of aromatic nitrogens is 2. The zero-order valence-corrected chi connectivity index (χ0v) is 12.9. The van der Waals surface area contributed by atoms with Crippen LogP contribution in [0.15, 0.2) is 53.9 Å². The molecule has 3 N–H and O–H groups in total. The van der Waals surface area contributed by atoms with E-state index in [-0.39, 0.29) is 24.9 Å². The Kier molecular flexibility index (Phi) is 3.59. The molecule has 1 aliphatic rings. The third-order valence-corrected chi connectivity index (χ3v) is 4.25. The summed E-state index contributed by atoms with van der Waals surface area (Å²) in [7, 11) is 0. The van der Waals surface area contributed by atoms with Gasteiger partial charge >= 0.3 is 0 Å². The number of aliphatic hydroxyl groups is 1. The Balaban J connectivity index is 1.75. The van der Waals surface area contributed by atoms with Gasteiger partial charge in [-0.15, -0.1) is 0 Å². The lowest BCUT2D eigenvalue weighted by Gasteiger charge is -2.20. The standard InChI is InChI=1S/C18H16N4O2/c23-10-14-9-17(24)21-22-18(14)12-1-2-15-13(7-12)8-16(20-15)11-3-5-19-6-4-11/h1-8,14,20,23H,9-10H2,(H,21,24). The fourth-order valence-electron chi connectivity index (χ4n) is 3.01. The zero-order chi connectivity index (χ0) is 16.5. The Hall–Kier alpha value is -2.99. The maximum atomic E-state index is 11.4. The van der Waals surface area contributed by atoms with E-state index in [0.29, 0.717) is 5.71 Å². The molecule has 0 aliphatic carbocycles. The maximum Gasteiger partial charge on any atom is 0.240 e. The summed E-state index contributed by atoms with van der Waals surface area (Å²) in [5, 5.41) is 14.7. The summed E-state index contributed by atoms with van der Waals surface area (Å²) in [4.78, 5) is 18.9. The molecule has 0 saturated heterocycles. The van der Waals surface area contributed by atoms with E-state index >= 15 is 0 Å². The van der Waals surface area contributed by atoms with Crippen LogP contribution in [0.1, 0.15) is 12.0 Å². The van der Waals surface area contributed by atoms with Crippen LogP contribution >= 0.6 is 0 Å². The lowest BCUT2D eigenvalue weighted by atomic mass is 9.92. The van der Waals surface area contributed by atoms with Crippen LogP contribution in [0.5, 0.6) is 0 Å². The Morgan fingerprint density at radius 3 is 2.75 bits per heavy atom. The highest BCUT2D eigenvalue weighted by molar-refractivity contribution is 6.08. The second-order valence-electron chi connectivity index (χ2n) is 5.84. The summed E-state index contributed by atoms with van der Waals surface area (Å²) in [6.07, 6.45) is 3.78. The van der Waals surface area contributed by atoms with Gasteiger partial charge in [0.05, 0.1) is 12.3 Å². The molecule has 1 atom stereocenters. The molecule has 1 aliphatic heterocycles. The average Bonchev–Trinajstić information content (AvgIpc) is 3.05. The lowest BCUT2D eigenvalue weighted by molar-refractivity contribution is -0.122. The molecule has 3 heterocycles. The first-order chi connectivity index (χ1) is 11.7. The number of amides is 1. The molecule has 0 fully saturated rings. The Morgan fingerprint density at radius 2 is 1.96 bits per heavy atom. The van der Waals surface area contributed by atoms with Gasteiger partial charge in [0.25, 0.3) is 0 Å². The number of hydrogen-bond donors (Lipinski definition) is 3. The van der Waals surface area contributed by atoms with Crippen molar-refractivity contribution in [3.05, 3.63) is 54.4 Å². The quantitative estimate of drug-likeness (QED) is 0.690. The molecule has 1 amide bonds. The van der Waals surface area contributed by atoms with Crippen molar-refractivity contribution in [2.24, 2.45) is 11.0 Å². The van der Waals surface area contributed by atoms with Crippen LogP contribution in [0.3, 0.4) is 0 Å². The lowest BCUT2D eigenvalue weighted by Crippen LogP contribution is -2.35. The summed E-state index contributed by atoms with van der Waals surface area (Å²) in [5.74, 6) is -0.435. The van der Waals surface area contributed by atoms with Crippen LogP contribution in [0, 0.1) is 5.92 Å². The number of pyridine rings is 1. The van der Waals surface area contributed by atoms with Crippen molar-refractivity contribution in [1.29, 1.82) is 0 Å². The Labute approximate surface area is 138 Å². The number of aliphatic hydroxyl groups excluding tert-OH is 1. The molecule has 0 spiro atoms. The summed E-state index contributed by atoms with van der Waals surface area (Å²) in [6.45, 7) is -0.0975. The summed E-state index contributed by atoms with van der Waals surface area (Å²) < 4.78 is 0. The van der Waals surface area contributed by atoms with Gasteiger partial charge in [0.1, 0.15) is 0 Å². The van der Waals surface area contributed by atoms with E-state index in [1.165, 1.54) is 0 Å². The third-order valence-electron chi connectivity index (χ3n) is 4.25. The van der Waals surface area contributed by atoms with Gasteiger partial charge in [-0.25, -0.2) is 5.43 Å². The number of carbonyl (C=O) groups excluding carboxylic acids is 1. The predicted octanol–water partition coefficient (Wildman–Crippen LogP) is 2.06. The number of nitrogens with zero attached hydrogens (tertiary/aromatic N) is 2. The van der Waals surface area contributed by atoms with Crippen LogP contribution in [0.2, 0.25) is 0 Å². The molecule has 6 heteroatoms. The number of hydrazone groups is 1. The SMILES string of the molecule is O=C1CC(CO)C(c2ccc3[nH]c(-c4ccncc4)cc3c2)=NN1. The van der Waals surface area contributed by atoms with Crippen LogP contribution in [0.25, 0.3) is 22.2 Å².